The largest absolute Gasteiger partial charge is 0.350 e. The van der Waals surface area contributed by atoms with Crippen LogP contribution in [0.5, 0.6) is 0 Å². The molecule has 1 heterocycles. The summed E-state index contributed by atoms with van der Waals surface area (Å²) in [7, 11) is 0. The van der Waals surface area contributed by atoms with Crippen LogP contribution >= 0.6 is 0 Å². The first-order chi connectivity index (χ1) is 11.5. The molecule has 1 atom stereocenters. The molecule has 1 amide bonds. The van der Waals surface area contributed by atoms with Crippen LogP contribution in [0.3, 0.4) is 0 Å². The molecule has 0 saturated carbocycles. The van der Waals surface area contributed by atoms with Crippen LogP contribution in [0, 0.1) is 0 Å². The summed E-state index contributed by atoms with van der Waals surface area (Å²) in [5, 5.41) is 3.14. The maximum atomic E-state index is 11.5. The molecule has 1 aromatic rings. The third kappa shape index (κ3) is 3.56. The number of benzene rings is 1. The van der Waals surface area contributed by atoms with Crippen LogP contribution in [0.2, 0.25) is 0 Å². The molecule has 0 aromatic heterocycles. The molecule has 3 nitrogen and oxygen atoms in total. The van der Waals surface area contributed by atoms with Crippen LogP contribution in [0.15, 0.2) is 35.9 Å². The van der Waals surface area contributed by atoms with Gasteiger partial charge in [-0.25, -0.2) is 0 Å². The summed E-state index contributed by atoms with van der Waals surface area (Å²) in [6, 6.07) is 8.97. The van der Waals surface area contributed by atoms with Gasteiger partial charge in [-0.2, -0.15) is 0 Å². The third-order valence-corrected chi connectivity index (χ3v) is 5.77. The van der Waals surface area contributed by atoms with E-state index < -0.39 is 0 Å². The normalized spacial score (nSPS) is 22.7. The number of carbonyl (C=O) groups excluding carboxylic acids is 1. The number of nitrogens with zero attached hydrogens (tertiary/aromatic N) is 1. The number of amides is 1. The number of fused-ring (bicyclic) bond motifs is 2. The SMILES string of the molecule is CC(=O)NC1CCC2(CCN(CC=C(C)C)CC2)c2ccccc21. The highest BCUT2D eigenvalue weighted by atomic mass is 16.1. The second-order valence-electron chi connectivity index (χ2n) is 7.74. The Bertz CT molecular complexity index is 622. The van der Waals surface area contributed by atoms with Gasteiger partial charge in [-0.05, 0) is 69.2 Å². The van der Waals surface area contributed by atoms with Crippen molar-refractivity contribution in [2.75, 3.05) is 19.6 Å². The lowest BCUT2D eigenvalue weighted by Gasteiger charge is -2.47. The average Bonchev–Trinajstić information content (AvgIpc) is 2.57. The number of allylic oxidation sites excluding steroid dienone is 1. The number of nitrogens with one attached hydrogen (secondary N) is 1. The molecular weight excluding hydrogens is 296 g/mol. The molecule has 1 aliphatic heterocycles. The molecule has 0 radical (unpaired) electrons. The Morgan fingerprint density at radius 2 is 1.92 bits per heavy atom. The maximum absolute atomic E-state index is 11.5. The Morgan fingerprint density at radius 1 is 1.21 bits per heavy atom. The Balaban J connectivity index is 1.77. The average molecular weight is 326 g/mol. The summed E-state index contributed by atoms with van der Waals surface area (Å²) in [4.78, 5) is 14.1. The van der Waals surface area contributed by atoms with Gasteiger partial charge in [0.15, 0.2) is 0 Å². The second-order valence-corrected chi connectivity index (χ2v) is 7.74. The topological polar surface area (TPSA) is 32.3 Å². The number of carbonyl (C=O) groups is 1. The highest BCUT2D eigenvalue weighted by Crippen LogP contribution is 2.47. The van der Waals surface area contributed by atoms with Gasteiger partial charge in [0, 0.05) is 13.5 Å². The summed E-state index contributed by atoms with van der Waals surface area (Å²) in [5.41, 5.74) is 4.54. The fraction of sp³-hybridized carbons (Fsp3) is 0.571. The predicted octanol–water partition coefficient (Wildman–Crippen LogP) is 3.96. The zero-order valence-electron chi connectivity index (χ0n) is 15.3. The molecule has 0 bridgehead atoms. The zero-order chi connectivity index (χ0) is 17.2. The fourth-order valence-electron chi connectivity index (χ4n) is 4.38. The molecule has 3 rings (SSSR count). The van der Waals surface area contributed by atoms with Crippen LogP contribution < -0.4 is 5.32 Å². The Labute approximate surface area is 146 Å². The molecular formula is C21H30N2O. The molecule has 1 spiro atoms. The minimum absolute atomic E-state index is 0.0716. The lowest BCUT2D eigenvalue weighted by Crippen LogP contribution is -2.46. The van der Waals surface area contributed by atoms with E-state index in [0.717, 1.165) is 13.0 Å². The Kier molecular flexibility index (Phi) is 5.09. The molecule has 2 aliphatic rings. The summed E-state index contributed by atoms with van der Waals surface area (Å²) in [6.45, 7) is 9.38. The van der Waals surface area contributed by atoms with E-state index in [1.807, 2.05) is 0 Å². The maximum Gasteiger partial charge on any atom is 0.217 e. The predicted molar refractivity (Wildman–Crippen MR) is 99.0 cm³/mol. The van der Waals surface area contributed by atoms with Gasteiger partial charge in [-0.1, -0.05) is 35.9 Å². The van der Waals surface area contributed by atoms with Crippen molar-refractivity contribution < 1.29 is 4.79 Å². The number of piperidine rings is 1. The van der Waals surface area contributed by atoms with E-state index >= 15 is 0 Å². The van der Waals surface area contributed by atoms with Crippen LogP contribution in [0.4, 0.5) is 0 Å². The van der Waals surface area contributed by atoms with Crippen LogP contribution in [-0.2, 0) is 10.2 Å². The third-order valence-electron chi connectivity index (χ3n) is 5.77. The van der Waals surface area contributed by atoms with Crippen molar-refractivity contribution in [1.82, 2.24) is 10.2 Å². The second kappa shape index (κ2) is 7.10. The zero-order valence-corrected chi connectivity index (χ0v) is 15.3. The Hall–Kier alpha value is -1.61. The molecule has 1 aliphatic carbocycles. The first kappa shape index (κ1) is 17.2. The highest BCUT2D eigenvalue weighted by molar-refractivity contribution is 5.73. The van der Waals surface area contributed by atoms with E-state index in [4.69, 9.17) is 0 Å². The van der Waals surface area contributed by atoms with E-state index in [1.165, 1.54) is 49.1 Å². The summed E-state index contributed by atoms with van der Waals surface area (Å²) < 4.78 is 0. The standard InChI is InChI=1S/C21H30N2O/c1-16(2)9-13-23-14-11-21(12-15-23)10-8-20(22-17(3)24)18-6-4-5-7-19(18)21/h4-7,9,20H,8,10-15H2,1-3H3,(H,22,24). The number of hydrogen-bond donors (Lipinski definition) is 1. The van der Waals surface area contributed by atoms with E-state index in [2.05, 4.69) is 54.4 Å². The van der Waals surface area contributed by atoms with Gasteiger partial charge in [0.1, 0.15) is 0 Å². The molecule has 1 aromatic carbocycles. The van der Waals surface area contributed by atoms with Gasteiger partial charge in [-0.3, -0.25) is 9.69 Å². The lowest BCUT2D eigenvalue weighted by atomic mass is 9.63. The van der Waals surface area contributed by atoms with Crippen molar-refractivity contribution in [3.63, 3.8) is 0 Å². The molecule has 24 heavy (non-hydrogen) atoms. The monoisotopic (exact) mass is 326 g/mol. The first-order valence-electron chi connectivity index (χ1n) is 9.22. The number of rotatable bonds is 3. The summed E-state index contributed by atoms with van der Waals surface area (Å²) >= 11 is 0. The molecule has 1 N–H and O–H groups in total. The fourth-order valence-corrected chi connectivity index (χ4v) is 4.38. The molecule has 1 fully saturated rings. The van der Waals surface area contributed by atoms with E-state index in [9.17, 15) is 4.79 Å². The summed E-state index contributed by atoms with van der Waals surface area (Å²) in [5.74, 6) is 0.0716. The minimum atomic E-state index is 0.0716. The van der Waals surface area contributed by atoms with Crippen LogP contribution in [0.1, 0.15) is 63.6 Å². The smallest absolute Gasteiger partial charge is 0.217 e. The van der Waals surface area contributed by atoms with Crippen molar-refractivity contribution in [2.45, 2.75) is 57.9 Å². The quantitative estimate of drug-likeness (QED) is 0.853. The van der Waals surface area contributed by atoms with E-state index in [0.29, 0.717) is 5.41 Å². The molecule has 3 heteroatoms. The van der Waals surface area contributed by atoms with Gasteiger partial charge in [-0.15, -0.1) is 0 Å². The van der Waals surface area contributed by atoms with Crippen molar-refractivity contribution in [3.8, 4) is 0 Å². The van der Waals surface area contributed by atoms with Crippen molar-refractivity contribution in [2.24, 2.45) is 0 Å². The van der Waals surface area contributed by atoms with Gasteiger partial charge in [0.25, 0.3) is 0 Å². The van der Waals surface area contributed by atoms with Crippen molar-refractivity contribution in [3.05, 3.63) is 47.0 Å². The summed E-state index contributed by atoms with van der Waals surface area (Å²) in [6.07, 6.45) is 7.04. The van der Waals surface area contributed by atoms with Crippen molar-refractivity contribution in [1.29, 1.82) is 0 Å². The van der Waals surface area contributed by atoms with Gasteiger partial charge in [0.05, 0.1) is 6.04 Å². The van der Waals surface area contributed by atoms with Gasteiger partial charge >= 0.3 is 0 Å². The highest BCUT2D eigenvalue weighted by Gasteiger charge is 2.41. The number of hydrogen-bond acceptors (Lipinski definition) is 2. The van der Waals surface area contributed by atoms with E-state index in [-0.39, 0.29) is 11.9 Å². The Morgan fingerprint density at radius 3 is 2.58 bits per heavy atom. The van der Waals surface area contributed by atoms with Gasteiger partial charge < -0.3 is 5.32 Å². The molecule has 1 saturated heterocycles. The minimum Gasteiger partial charge on any atom is -0.350 e. The lowest BCUT2D eigenvalue weighted by molar-refractivity contribution is -0.119. The van der Waals surface area contributed by atoms with E-state index in [1.54, 1.807) is 6.92 Å². The molecule has 1 unspecified atom stereocenters. The van der Waals surface area contributed by atoms with Crippen LogP contribution in [0.25, 0.3) is 0 Å². The number of likely N-dealkylation sites (tertiary alicyclic amines) is 1. The van der Waals surface area contributed by atoms with Crippen LogP contribution in [-0.4, -0.2) is 30.4 Å². The first-order valence-corrected chi connectivity index (χ1v) is 9.22. The van der Waals surface area contributed by atoms with Crippen molar-refractivity contribution >= 4 is 5.91 Å². The molecule has 130 valence electrons. The van der Waals surface area contributed by atoms with Gasteiger partial charge in [0.2, 0.25) is 5.91 Å².